The van der Waals surface area contributed by atoms with Gasteiger partial charge in [0.1, 0.15) is 12.1 Å². The highest BCUT2D eigenvalue weighted by molar-refractivity contribution is 6.06. The third-order valence-electron chi connectivity index (χ3n) is 3.25. The summed E-state index contributed by atoms with van der Waals surface area (Å²) >= 11 is 0. The Morgan fingerprint density at radius 3 is 2.48 bits per heavy atom. The molecule has 1 aliphatic rings. The predicted molar refractivity (Wildman–Crippen MR) is 67.2 cm³/mol. The molecule has 7 heteroatoms. The number of carbonyl (C=O) groups is 2. The summed E-state index contributed by atoms with van der Waals surface area (Å²) in [7, 11) is 0. The maximum Gasteiger partial charge on any atom is 0.400 e. The molecule has 2 amide bonds. The van der Waals surface area contributed by atoms with Gasteiger partial charge in [0, 0.05) is 18.6 Å². The monoisotopic (exact) mass is 301 g/mol. The number of carbonyl (C=O) groups excluding carboxylic acids is 2. The van der Waals surface area contributed by atoms with Crippen LogP contribution in [-0.2, 0) is 9.53 Å². The summed E-state index contributed by atoms with van der Waals surface area (Å²) in [5.74, 6) is -4.22. The lowest BCUT2D eigenvalue weighted by atomic mass is 10.1. The van der Waals surface area contributed by atoms with Crippen molar-refractivity contribution in [3.63, 3.8) is 0 Å². The predicted octanol–water partition coefficient (Wildman–Crippen LogP) is 2.60. The van der Waals surface area contributed by atoms with Gasteiger partial charge in [-0.3, -0.25) is 14.5 Å². The number of benzene rings is 1. The zero-order chi connectivity index (χ0) is 15.6. The van der Waals surface area contributed by atoms with Crippen molar-refractivity contribution in [2.45, 2.75) is 25.7 Å². The Morgan fingerprint density at radius 1 is 1.33 bits per heavy atom. The third kappa shape index (κ3) is 3.07. The summed E-state index contributed by atoms with van der Waals surface area (Å²) in [6, 6.07) is 7.70. The molecule has 1 fully saturated rings. The van der Waals surface area contributed by atoms with Gasteiger partial charge in [-0.05, 0) is 19.1 Å². The maximum absolute atomic E-state index is 12.8. The van der Waals surface area contributed by atoms with E-state index in [0.29, 0.717) is 4.90 Å². The van der Waals surface area contributed by atoms with Crippen LogP contribution in [0.15, 0.2) is 30.3 Å². The summed E-state index contributed by atoms with van der Waals surface area (Å²) in [5.41, 5.74) is 0.151. The molecule has 0 aliphatic carbocycles. The van der Waals surface area contributed by atoms with Crippen LogP contribution in [0.25, 0.3) is 0 Å². The van der Waals surface area contributed by atoms with E-state index >= 15 is 0 Å². The smallest absolute Gasteiger partial charge is 0.358 e. The van der Waals surface area contributed by atoms with Crippen molar-refractivity contribution in [2.75, 3.05) is 6.61 Å². The molecule has 114 valence electrons. The molecule has 2 unspecified atom stereocenters. The SMILES string of the molecule is CCOC1CC(C(F)(F)F)C(=O)N1C(=O)c1ccccc1. The normalized spacial score (nSPS) is 22.7. The average molecular weight is 301 g/mol. The molecule has 2 rings (SSSR count). The van der Waals surface area contributed by atoms with Crippen LogP contribution in [0.3, 0.4) is 0 Å². The Morgan fingerprint density at radius 2 is 1.95 bits per heavy atom. The first-order valence-electron chi connectivity index (χ1n) is 6.47. The van der Waals surface area contributed by atoms with Crippen molar-refractivity contribution in [2.24, 2.45) is 5.92 Å². The zero-order valence-electron chi connectivity index (χ0n) is 11.3. The van der Waals surface area contributed by atoms with E-state index in [2.05, 4.69) is 0 Å². The van der Waals surface area contributed by atoms with Gasteiger partial charge in [0.2, 0.25) is 5.91 Å². The third-order valence-corrected chi connectivity index (χ3v) is 3.25. The van der Waals surface area contributed by atoms with Gasteiger partial charge in [-0.2, -0.15) is 13.2 Å². The van der Waals surface area contributed by atoms with Crippen LogP contribution in [0, 0.1) is 5.92 Å². The Balaban J connectivity index is 2.31. The topological polar surface area (TPSA) is 46.6 Å². The Bertz CT molecular complexity index is 530. The van der Waals surface area contributed by atoms with Crippen LogP contribution in [0.2, 0.25) is 0 Å². The van der Waals surface area contributed by atoms with E-state index in [1.807, 2.05) is 0 Å². The number of hydrogen-bond donors (Lipinski definition) is 0. The van der Waals surface area contributed by atoms with Crippen molar-refractivity contribution < 1.29 is 27.5 Å². The number of ether oxygens (including phenoxy) is 1. The lowest BCUT2D eigenvalue weighted by Gasteiger charge is -2.22. The highest BCUT2D eigenvalue weighted by atomic mass is 19.4. The minimum atomic E-state index is -4.68. The molecule has 1 aromatic rings. The van der Waals surface area contributed by atoms with E-state index in [9.17, 15) is 22.8 Å². The van der Waals surface area contributed by atoms with Gasteiger partial charge >= 0.3 is 6.18 Å². The van der Waals surface area contributed by atoms with E-state index < -0.39 is 36.6 Å². The zero-order valence-corrected chi connectivity index (χ0v) is 11.3. The van der Waals surface area contributed by atoms with E-state index in [-0.39, 0.29) is 12.2 Å². The summed E-state index contributed by atoms with van der Waals surface area (Å²) in [4.78, 5) is 24.8. The fourth-order valence-corrected chi connectivity index (χ4v) is 2.28. The number of alkyl halides is 3. The standard InChI is InChI=1S/C14H14F3NO3/c1-2-21-11-8-10(14(15,16)17)13(20)18(11)12(19)9-6-4-3-5-7-9/h3-7,10-11H,2,8H2,1H3. The molecule has 0 saturated carbocycles. The van der Waals surface area contributed by atoms with Crippen molar-refractivity contribution in [3.05, 3.63) is 35.9 Å². The summed E-state index contributed by atoms with van der Waals surface area (Å²) in [5, 5.41) is 0. The molecule has 21 heavy (non-hydrogen) atoms. The van der Waals surface area contributed by atoms with Crippen LogP contribution >= 0.6 is 0 Å². The summed E-state index contributed by atoms with van der Waals surface area (Å²) in [6.07, 6.45) is -6.42. The second kappa shape index (κ2) is 5.85. The highest BCUT2D eigenvalue weighted by Gasteiger charge is 2.55. The lowest BCUT2D eigenvalue weighted by molar-refractivity contribution is -0.180. The average Bonchev–Trinajstić information content (AvgIpc) is 2.76. The number of rotatable bonds is 3. The quantitative estimate of drug-likeness (QED) is 0.806. The van der Waals surface area contributed by atoms with Crippen molar-refractivity contribution in [1.29, 1.82) is 0 Å². The van der Waals surface area contributed by atoms with Crippen LogP contribution in [-0.4, -0.2) is 35.7 Å². The van der Waals surface area contributed by atoms with Gasteiger partial charge in [0.15, 0.2) is 0 Å². The van der Waals surface area contributed by atoms with Crippen LogP contribution < -0.4 is 0 Å². The lowest BCUT2D eigenvalue weighted by Crippen LogP contribution is -2.42. The van der Waals surface area contributed by atoms with Gasteiger partial charge in [-0.25, -0.2) is 0 Å². The van der Waals surface area contributed by atoms with Gasteiger partial charge in [-0.1, -0.05) is 18.2 Å². The fourth-order valence-electron chi connectivity index (χ4n) is 2.28. The number of hydrogen-bond acceptors (Lipinski definition) is 3. The molecular weight excluding hydrogens is 287 g/mol. The molecule has 0 spiro atoms. The minimum Gasteiger partial charge on any atom is -0.358 e. The fraction of sp³-hybridized carbons (Fsp3) is 0.429. The molecule has 1 aromatic carbocycles. The molecule has 2 atom stereocenters. The number of halogens is 3. The molecule has 1 aliphatic heterocycles. The second-order valence-electron chi connectivity index (χ2n) is 4.62. The van der Waals surface area contributed by atoms with Crippen molar-refractivity contribution in [3.8, 4) is 0 Å². The molecule has 1 saturated heterocycles. The Hall–Kier alpha value is -1.89. The van der Waals surface area contributed by atoms with E-state index in [1.165, 1.54) is 12.1 Å². The molecule has 4 nitrogen and oxygen atoms in total. The van der Waals surface area contributed by atoms with Gasteiger partial charge in [0.25, 0.3) is 5.91 Å². The molecule has 1 heterocycles. The van der Waals surface area contributed by atoms with Gasteiger partial charge < -0.3 is 4.74 Å². The molecule has 0 bridgehead atoms. The van der Waals surface area contributed by atoms with Crippen LogP contribution in [0.4, 0.5) is 13.2 Å². The molecule has 0 radical (unpaired) electrons. The van der Waals surface area contributed by atoms with Crippen LogP contribution in [0.1, 0.15) is 23.7 Å². The summed E-state index contributed by atoms with van der Waals surface area (Å²) in [6.45, 7) is 1.71. The Kier molecular flexibility index (Phi) is 4.32. The van der Waals surface area contributed by atoms with E-state index in [1.54, 1.807) is 25.1 Å². The first-order chi connectivity index (χ1) is 9.86. The highest BCUT2D eigenvalue weighted by Crippen LogP contribution is 2.38. The molecule has 0 aromatic heterocycles. The number of nitrogens with zero attached hydrogens (tertiary/aromatic N) is 1. The van der Waals surface area contributed by atoms with Crippen LogP contribution in [0.5, 0.6) is 0 Å². The largest absolute Gasteiger partial charge is 0.400 e. The molecule has 0 N–H and O–H groups in total. The number of amides is 2. The van der Waals surface area contributed by atoms with E-state index in [0.717, 1.165) is 0 Å². The first kappa shape index (κ1) is 15.5. The second-order valence-corrected chi connectivity index (χ2v) is 4.62. The first-order valence-corrected chi connectivity index (χ1v) is 6.47. The minimum absolute atomic E-state index is 0.112. The number of imide groups is 1. The van der Waals surface area contributed by atoms with Gasteiger partial charge in [-0.15, -0.1) is 0 Å². The Labute approximate surface area is 119 Å². The molecular formula is C14H14F3NO3. The van der Waals surface area contributed by atoms with Gasteiger partial charge in [0.05, 0.1) is 0 Å². The van der Waals surface area contributed by atoms with E-state index in [4.69, 9.17) is 4.74 Å². The van der Waals surface area contributed by atoms with Crippen molar-refractivity contribution >= 4 is 11.8 Å². The number of likely N-dealkylation sites (tertiary alicyclic amines) is 1. The summed E-state index contributed by atoms with van der Waals surface area (Å²) < 4.78 is 43.7. The maximum atomic E-state index is 12.8. The van der Waals surface area contributed by atoms with Crippen molar-refractivity contribution in [1.82, 2.24) is 4.90 Å².